The number of sulfonamides is 1. The summed E-state index contributed by atoms with van der Waals surface area (Å²) in [6, 6.07) is 18.3. The smallest absolute Gasteiger partial charge is 0.269 e. The van der Waals surface area contributed by atoms with Crippen LogP contribution in [0, 0.1) is 17.0 Å². The van der Waals surface area contributed by atoms with E-state index in [-0.39, 0.29) is 16.1 Å². The van der Waals surface area contributed by atoms with Crippen molar-refractivity contribution >= 4 is 33.0 Å². The van der Waals surface area contributed by atoms with Gasteiger partial charge in [0.2, 0.25) is 0 Å². The normalized spacial score (nSPS) is 11.0. The Hall–Kier alpha value is -3.76. The number of para-hydroxylation sites is 1. The predicted octanol–water partition coefficient (Wildman–Crippen LogP) is 3.27. The number of hydrogen-bond acceptors (Lipinski definition) is 6. The molecule has 0 aliphatic rings. The van der Waals surface area contributed by atoms with Gasteiger partial charge in [-0.25, -0.2) is 8.42 Å². The third-order valence-corrected chi connectivity index (χ3v) is 5.42. The molecule has 3 aromatic rings. The van der Waals surface area contributed by atoms with E-state index in [4.69, 9.17) is 0 Å². The molecule has 30 heavy (non-hydrogen) atoms. The number of carbonyl (C=O) groups excluding carboxylic acids is 1. The zero-order chi connectivity index (χ0) is 21.7. The lowest BCUT2D eigenvalue weighted by atomic mass is 10.1. The van der Waals surface area contributed by atoms with Crippen molar-refractivity contribution in [1.29, 1.82) is 0 Å². The maximum atomic E-state index is 12.6. The van der Waals surface area contributed by atoms with Gasteiger partial charge in [-0.3, -0.25) is 20.3 Å². The highest BCUT2D eigenvalue weighted by molar-refractivity contribution is 7.89. The molecule has 0 aromatic heterocycles. The highest BCUT2D eigenvalue weighted by Crippen LogP contribution is 2.23. The molecule has 0 fully saturated rings. The van der Waals surface area contributed by atoms with E-state index in [1.807, 2.05) is 6.92 Å². The SMILES string of the molecule is Cc1ccc(S(=O)(=O)NNC(=O)c2ccccc2Nc2ccc([N+](=O)[O-])cc2)cc1. The van der Waals surface area contributed by atoms with Crippen LogP contribution >= 0.6 is 0 Å². The van der Waals surface area contributed by atoms with Crippen LogP contribution < -0.4 is 15.6 Å². The summed E-state index contributed by atoms with van der Waals surface area (Å²) < 4.78 is 24.7. The summed E-state index contributed by atoms with van der Waals surface area (Å²) in [6.45, 7) is 1.83. The molecule has 0 unspecified atom stereocenters. The highest BCUT2D eigenvalue weighted by atomic mass is 32.2. The van der Waals surface area contributed by atoms with Crippen molar-refractivity contribution in [3.63, 3.8) is 0 Å². The van der Waals surface area contributed by atoms with Crippen LogP contribution in [0.1, 0.15) is 15.9 Å². The molecule has 0 heterocycles. The first-order chi connectivity index (χ1) is 14.3. The molecule has 0 aliphatic heterocycles. The molecule has 3 rings (SSSR count). The van der Waals surface area contributed by atoms with Crippen LogP contribution in [0.15, 0.2) is 77.7 Å². The number of amides is 1. The van der Waals surface area contributed by atoms with Gasteiger partial charge in [0, 0.05) is 17.8 Å². The molecule has 1 amide bonds. The van der Waals surface area contributed by atoms with Crippen molar-refractivity contribution in [3.05, 3.63) is 94.0 Å². The number of carbonyl (C=O) groups is 1. The van der Waals surface area contributed by atoms with Crippen LogP contribution in [0.4, 0.5) is 17.1 Å². The van der Waals surface area contributed by atoms with E-state index in [1.54, 1.807) is 30.3 Å². The Balaban J connectivity index is 1.73. The van der Waals surface area contributed by atoms with Crippen LogP contribution in [0.25, 0.3) is 0 Å². The molecule has 3 N–H and O–H groups in total. The molecule has 0 bridgehead atoms. The van der Waals surface area contributed by atoms with Gasteiger partial charge in [0.1, 0.15) is 0 Å². The van der Waals surface area contributed by atoms with Gasteiger partial charge in [0.25, 0.3) is 21.6 Å². The summed E-state index contributed by atoms with van der Waals surface area (Å²) in [6.07, 6.45) is 0. The zero-order valence-corrected chi connectivity index (χ0v) is 16.6. The molecule has 0 saturated heterocycles. The van der Waals surface area contributed by atoms with Crippen LogP contribution in [0.3, 0.4) is 0 Å². The van der Waals surface area contributed by atoms with Crippen LogP contribution in [-0.4, -0.2) is 19.2 Å². The first kappa shape index (κ1) is 21.0. The Morgan fingerprint density at radius 3 is 2.20 bits per heavy atom. The summed E-state index contributed by atoms with van der Waals surface area (Å²) in [7, 11) is -3.93. The number of non-ortho nitro benzene ring substituents is 1. The number of nitrogens with zero attached hydrogens (tertiary/aromatic N) is 1. The fourth-order valence-electron chi connectivity index (χ4n) is 2.57. The first-order valence-corrected chi connectivity index (χ1v) is 10.2. The molecule has 3 aromatic carbocycles. The monoisotopic (exact) mass is 426 g/mol. The van der Waals surface area contributed by atoms with Gasteiger partial charge in [-0.2, -0.15) is 0 Å². The number of aryl methyl sites for hydroxylation is 1. The average molecular weight is 426 g/mol. The Morgan fingerprint density at radius 1 is 0.933 bits per heavy atom. The molecule has 0 radical (unpaired) electrons. The van der Waals surface area contributed by atoms with Crippen LogP contribution in [0.2, 0.25) is 0 Å². The quantitative estimate of drug-likeness (QED) is 0.393. The zero-order valence-electron chi connectivity index (χ0n) is 15.8. The molecule has 0 aliphatic carbocycles. The lowest BCUT2D eigenvalue weighted by Crippen LogP contribution is -2.41. The molecule has 0 atom stereocenters. The fourth-order valence-corrected chi connectivity index (χ4v) is 3.41. The maximum Gasteiger partial charge on any atom is 0.269 e. The van der Waals surface area contributed by atoms with E-state index in [1.165, 1.54) is 42.5 Å². The lowest BCUT2D eigenvalue weighted by Gasteiger charge is -2.13. The highest BCUT2D eigenvalue weighted by Gasteiger charge is 2.17. The number of nitro groups is 1. The van der Waals surface area contributed by atoms with Gasteiger partial charge in [0.05, 0.1) is 21.1 Å². The number of hydrogen-bond donors (Lipinski definition) is 3. The second-order valence-corrected chi connectivity index (χ2v) is 8.03. The minimum atomic E-state index is -3.93. The number of rotatable bonds is 7. The van der Waals surface area contributed by atoms with Gasteiger partial charge in [-0.15, -0.1) is 4.83 Å². The van der Waals surface area contributed by atoms with Crippen LogP contribution in [-0.2, 0) is 10.0 Å². The second kappa shape index (κ2) is 8.72. The molecule has 10 heteroatoms. The molecular weight excluding hydrogens is 408 g/mol. The predicted molar refractivity (Wildman–Crippen MR) is 112 cm³/mol. The number of nitrogens with one attached hydrogen (secondary N) is 3. The minimum Gasteiger partial charge on any atom is -0.355 e. The van der Waals surface area contributed by atoms with E-state index >= 15 is 0 Å². The Labute approximate surface area is 172 Å². The second-order valence-electron chi connectivity index (χ2n) is 6.35. The lowest BCUT2D eigenvalue weighted by molar-refractivity contribution is -0.384. The number of anilines is 2. The Bertz CT molecular complexity index is 1180. The van der Waals surface area contributed by atoms with Crippen molar-refractivity contribution in [1.82, 2.24) is 10.3 Å². The summed E-state index contributed by atoms with van der Waals surface area (Å²) >= 11 is 0. The van der Waals surface area contributed by atoms with Crippen molar-refractivity contribution in [2.24, 2.45) is 0 Å². The van der Waals surface area contributed by atoms with E-state index in [9.17, 15) is 23.3 Å². The summed E-state index contributed by atoms with van der Waals surface area (Å²) in [5, 5.41) is 13.8. The summed E-state index contributed by atoms with van der Waals surface area (Å²) in [5.74, 6) is -0.671. The van der Waals surface area contributed by atoms with E-state index in [2.05, 4.69) is 15.6 Å². The molecule has 9 nitrogen and oxygen atoms in total. The minimum absolute atomic E-state index is 0.0192. The third-order valence-electron chi connectivity index (χ3n) is 4.16. The standard InChI is InChI=1S/C20H18N4O5S/c1-14-6-12-17(13-7-14)30(28,29)23-22-20(25)18-4-2-3-5-19(18)21-15-8-10-16(11-9-15)24(26)27/h2-13,21,23H,1H3,(H,22,25). The van der Waals surface area contributed by atoms with Crippen molar-refractivity contribution < 1.29 is 18.1 Å². The van der Waals surface area contributed by atoms with Crippen molar-refractivity contribution in [2.75, 3.05) is 5.32 Å². The molecule has 154 valence electrons. The van der Waals surface area contributed by atoms with Gasteiger partial charge in [0.15, 0.2) is 0 Å². The Morgan fingerprint density at radius 2 is 1.57 bits per heavy atom. The van der Waals surface area contributed by atoms with Gasteiger partial charge >= 0.3 is 0 Å². The number of hydrazine groups is 1. The summed E-state index contributed by atoms with van der Waals surface area (Å²) in [4.78, 5) is 24.9. The van der Waals surface area contributed by atoms with Gasteiger partial charge < -0.3 is 5.32 Å². The maximum absolute atomic E-state index is 12.6. The number of nitro benzene ring substituents is 1. The topological polar surface area (TPSA) is 130 Å². The first-order valence-electron chi connectivity index (χ1n) is 8.75. The van der Waals surface area contributed by atoms with Crippen molar-refractivity contribution in [2.45, 2.75) is 11.8 Å². The summed E-state index contributed by atoms with van der Waals surface area (Å²) in [5.41, 5.74) is 4.16. The average Bonchev–Trinajstić information content (AvgIpc) is 2.73. The van der Waals surface area contributed by atoms with E-state index in [0.717, 1.165) is 5.56 Å². The molecule has 0 saturated carbocycles. The fraction of sp³-hybridized carbons (Fsp3) is 0.0500. The van der Waals surface area contributed by atoms with Gasteiger partial charge in [-0.1, -0.05) is 29.8 Å². The third kappa shape index (κ3) is 4.99. The molecule has 0 spiro atoms. The van der Waals surface area contributed by atoms with Crippen molar-refractivity contribution in [3.8, 4) is 0 Å². The number of benzene rings is 3. The Kier molecular flexibility index (Phi) is 6.09. The largest absolute Gasteiger partial charge is 0.355 e. The van der Waals surface area contributed by atoms with Gasteiger partial charge in [-0.05, 0) is 43.3 Å². The van der Waals surface area contributed by atoms with Crippen LogP contribution in [0.5, 0.6) is 0 Å². The molecular formula is C20H18N4O5S. The van der Waals surface area contributed by atoms with E-state index in [0.29, 0.717) is 11.4 Å². The van der Waals surface area contributed by atoms with E-state index < -0.39 is 20.9 Å².